The summed E-state index contributed by atoms with van der Waals surface area (Å²) in [5, 5.41) is 0. The number of hydrogen-bond donors (Lipinski definition) is 0. The summed E-state index contributed by atoms with van der Waals surface area (Å²) in [6, 6.07) is 8.54. The molecule has 3 heterocycles. The number of carbonyl (C=O) groups is 2. The minimum Gasteiger partial charge on any atom is -0.309 e. The van der Waals surface area contributed by atoms with Crippen molar-refractivity contribution in [1.82, 2.24) is 14.7 Å². The summed E-state index contributed by atoms with van der Waals surface area (Å²) < 4.78 is 0. The molecule has 26 heavy (non-hydrogen) atoms. The van der Waals surface area contributed by atoms with Crippen molar-refractivity contribution in [2.75, 3.05) is 19.6 Å². The van der Waals surface area contributed by atoms with Gasteiger partial charge in [-0.3, -0.25) is 14.6 Å². The molecule has 1 spiro atoms. The molecule has 4 aliphatic rings. The summed E-state index contributed by atoms with van der Waals surface area (Å²) in [4.78, 5) is 31.9. The molecule has 0 bridgehead atoms. The van der Waals surface area contributed by atoms with E-state index in [0.29, 0.717) is 12.5 Å². The molecular weight excluding hydrogens is 326 g/mol. The number of amides is 3. The Morgan fingerprint density at radius 3 is 2.69 bits per heavy atom. The highest BCUT2D eigenvalue weighted by Crippen LogP contribution is 2.58. The Bertz CT molecular complexity index is 789. The zero-order valence-electron chi connectivity index (χ0n) is 15.7. The molecule has 1 aromatic carbocycles. The molecule has 0 aromatic heterocycles. The van der Waals surface area contributed by atoms with Gasteiger partial charge in [-0.25, -0.2) is 4.79 Å². The van der Waals surface area contributed by atoms with Crippen molar-refractivity contribution >= 4 is 11.9 Å². The largest absolute Gasteiger partial charge is 0.327 e. The van der Waals surface area contributed by atoms with Gasteiger partial charge in [-0.1, -0.05) is 24.3 Å². The molecule has 5 heteroatoms. The van der Waals surface area contributed by atoms with Crippen LogP contribution in [0.1, 0.15) is 44.2 Å². The number of fused-ring (bicyclic) bond motifs is 1. The molecule has 5 nitrogen and oxygen atoms in total. The molecule has 138 valence electrons. The number of nitrogens with zero attached hydrogens (tertiary/aromatic N) is 3. The lowest BCUT2D eigenvalue weighted by molar-refractivity contribution is -0.131. The van der Waals surface area contributed by atoms with Crippen molar-refractivity contribution in [3.63, 3.8) is 0 Å². The van der Waals surface area contributed by atoms with E-state index in [9.17, 15) is 9.59 Å². The number of hydrogen-bond acceptors (Lipinski definition) is 3. The second-order valence-electron chi connectivity index (χ2n) is 9.05. The number of rotatable bonds is 3. The maximum Gasteiger partial charge on any atom is 0.327 e. The first-order valence-corrected chi connectivity index (χ1v) is 9.89. The van der Waals surface area contributed by atoms with E-state index in [0.717, 1.165) is 45.3 Å². The summed E-state index contributed by atoms with van der Waals surface area (Å²) in [7, 11) is 0. The molecule has 1 saturated carbocycles. The van der Waals surface area contributed by atoms with E-state index in [1.807, 2.05) is 4.90 Å². The fraction of sp³-hybridized carbons (Fsp3) is 0.619. The highest BCUT2D eigenvalue weighted by Gasteiger charge is 2.72. The van der Waals surface area contributed by atoms with Gasteiger partial charge >= 0.3 is 6.03 Å². The fourth-order valence-electron chi connectivity index (χ4n) is 5.43. The van der Waals surface area contributed by atoms with E-state index in [1.54, 1.807) is 4.90 Å². The van der Waals surface area contributed by atoms with Crippen LogP contribution in [0.5, 0.6) is 0 Å². The molecule has 3 fully saturated rings. The Morgan fingerprint density at radius 1 is 1.15 bits per heavy atom. The molecule has 1 aromatic rings. The van der Waals surface area contributed by atoms with Crippen LogP contribution in [0, 0.1) is 5.92 Å². The van der Waals surface area contributed by atoms with E-state index in [-0.39, 0.29) is 17.5 Å². The van der Waals surface area contributed by atoms with Gasteiger partial charge in [0.1, 0.15) is 5.54 Å². The third-order valence-corrected chi connectivity index (χ3v) is 7.10. The third kappa shape index (κ3) is 2.13. The minimum atomic E-state index is -0.458. The molecule has 0 radical (unpaired) electrons. The SMILES string of the molecule is CC(C)(CN1C(=O)N2CCC[C@@H]3C[C@@]32C1=O)N1CCc2ccccc2C1. The molecule has 2 atom stereocenters. The normalized spacial score (nSPS) is 30.9. The standard InChI is InChI=1S/C21H27N3O2/c1-20(2,22-11-9-15-6-3-4-7-16(15)13-22)14-23-18(25)21-12-17(21)8-5-10-24(21)19(23)26/h3-4,6-7,17H,5,8-14H2,1-2H3/t17-,21+/m1/s1. The monoisotopic (exact) mass is 353 g/mol. The molecule has 1 aliphatic carbocycles. The van der Waals surface area contributed by atoms with Crippen LogP contribution in [0.15, 0.2) is 24.3 Å². The molecule has 3 aliphatic heterocycles. The molecular formula is C21H27N3O2. The maximum atomic E-state index is 13.1. The third-order valence-electron chi connectivity index (χ3n) is 7.10. The van der Waals surface area contributed by atoms with Crippen molar-refractivity contribution in [2.45, 2.75) is 57.2 Å². The second kappa shape index (κ2) is 5.32. The van der Waals surface area contributed by atoms with Crippen LogP contribution in [0.4, 0.5) is 4.79 Å². The molecule has 5 rings (SSSR count). The summed E-state index contributed by atoms with van der Waals surface area (Å²) in [5.74, 6) is 0.473. The highest BCUT2D eigenvalue weighted by molar-refractivity contribution is 6.09. The van der Waals surface area contributed by atoms with Crippen molar-refractivity contribution in [2.24, 2.45) is 5.92 Å². The van der Waals surface area contributed by atoms with E-state index in [4.69, 9.17) is 0 Å². The van der Waals surface area contributed by atoms with E-state index < -0.39 is 5.54 Å². The number of imide groups is 1. The Kier molecular flexibility index (Phi) is 3.34. The van der Waals surface area contributed by atoms with Crippen LogP contribution in [0.2, 0.25) is 0 Å². The van der Waals surface area contributed by atoms with Crippen molar-refractivity contribution in [3.05, 3.63) is 35.4 Å². The van der Waals surface area contributed by atoms with Crippen LogP contribution >= 0.6 is 0 Å². The lowest BCUT2D eigenvalue weighted by Crippen LogP contribution is -2.54. The van der Waals surface area contributed by atoms with Gasteiger partial charge in [0.05, 0.1) is 0 Å². The topological polar surface area (TPSA) is 43.9 Å². The summed E-state index contributed by atoms with van der Waals surface area (Å²) in [6.07, 6.45) is 4.03. The lowest BCUT2D eigenvalue weighted by Gasteiger charge is -2.43. The lowest BCUT2D eigenvalue weighted by atomic mass is 9.93. The summed E-state index contributed by atoms with van der Waals surface area (Å²) in [5.41, 5.74) is 2.10. The second-order valence-corrected chi connectivity index (χ2v) is 9.05. The molecule has 3 amide bonds. The Hall–Kier alpha value is -1.88. The van der Waals surface area contributed by atoms with Gasteiger partial charge in [0.2, 0.25) is 0 Å². The zero-order chi connectivity index (χ0) is 18.1. The fourth-order valence-corrected chi connectivity index (χ4v) is 5.43. The minimum absolute atomic E-state index is 0.0531. The van der Waals surface area contributed by atoms with Crippen LogP contribution in [0.3, 0.4) is 0 Å². The maximum absolute atomic E-state index is 13.1. The van der Waals surface area contributed by atoms with Crippen LogP contribution in [-0.2, 0) is 17.8 Å². The van der Waals surface area contributed by atoms with Crippen molar-refractivity contribution in [1.29, 1.82) is 0 Å². The average Bonchev–Trinajstić information content (AvgIpc) is 3.36. The quantitative estimate of drug-likeness (QED) is 0.785. The smallest absolute Gasteiger partial charge is 0.309 e. The summed E-state index contributed by atoms with van der Waals surface area (Å²) in [6.45, 7) is 7.42. The van der Waals surface area contributed by atoms with Crippen molar-refractivity contribution < 1.29 is 9.59 Å². The van der Waals surface area contributed by atoms with Crippen LogP contribution in [-0.4, -0.2) is 57.4 Å². The Balaban J connectivity index is 1.36. The van der Waals surface area contributed by atoms with Crippen LogP contribution < -0.4 is 0 Å². The number of benzene rings is 1. The van der Waals surface area contributed by atoms with Gasteiger partial charge in [0.25, 0.3) is 5.91 Å². The highest BCUT2D eigenvalue weighted by atomic mass is 16.2. The van der Waals surface area contributed by atoms with Crippen molar-refractivity contribution in [3.8, 4) is 0 Å². The number of carbonyl (C=O) groups excluding carboxylic acids is 2. The van der Waals surface area contributed by atoms with Gasteiger partial charge in [-0.2, -0.15) is 0 Å². The summed E-state index contributed by atoms with van der Waals surface area (Å²) >= 11 is 0. The van der Waals surface area contributed by atoms with E-state index in [1.165, 1.54) is 11.1 Å². The molecule has 2 saturated heterocycles. The van der Waals surface area contributed by atoms with Crippen LogP contribution in [0.25, 0.3) is 0 Å². The average molecular weight is 353 g/mol. The number of urea groups is 1. The van der Waals surface area contributed by atoms with E-state index in [2.05, 4.69) is 43.0 Å². The number of piperidine rings is 1. The van der Waals surface area contributed by atoms with Gasteiger partial charge in [0.15, 0.2) is 0 Å². The van der Waals surface area contributed by atoms with Gasteiger partial charge in [-0.05, 0) is 56.6 Å². The first-order chi connectivity index (χ1) is 12.4. The Morgan fingerprint density at radius 2 is 1.92 bits per heavy atom. The Labute approximate surface area is 154 Å². The predicted octanol–water partition coefficient (Wildman–Crippen LogP) is 2.64. The van der Waals surface area contributed by atoms with Gasteiger partial charge in [0, 0.05) is 31.7 Å². The first-order valence-electron chi connectivity index (χ1n) is 9.89. The zero-order valence-corrected chi connectivity index (χ0v) is 15.7. The van der Waals surface area contributed by atoms with Gasteiger partial charge in [-0.15, -0.1) is 0 Å². The molecule has 0 unspecified atom stereocenters. The molecule has 0 N–H and O–H groups in total. The van der Waals surface area contributed by atoms with E-state index >= 15 is 0 Å². The van der Waals surface area contributed by atoms with Gasteiger partial charge < -0.3 is 4.90 Å². The first kappa shape index (κ1) is 16.3. The predicted molar refractivity (Wildman–Crippen MR) is 98.5 cm³/mol.